The molecule has 2 amide bonds. The first-order valence-electron chi connectivity index (χ1n) is 8.04. The highest BCUT2D eigenvalue weighted by Crippen LogP contribution is 2.16. The van der Waals surface area contributed by atoms with Crippen LogP contribution in [0.25, 0.3) is 0 Å². The lowest BCUT2D eigenvalue weighted by atomic mass is 10.2. The van der Waals surface area contributed by atoms with Gasteiger partial charge >= 0.3 is 5.97 Å². The molecule has 0 heterocycles. The smallest absolute Gasteiger partial charge is 0.325 e. The number of amides is 2. The molecule has 144 valence electrons. The lowest BCUT2D eigenvalue weighted by Gasteiger charge is -2.18. The third-order valence-corrected chi connectivity index (χ3v) is 5.64. The molecule has 0 saturated heterocycles. The van der Waals surface area contributed by atoms with Crippen LogP contribution in [0.5, 0.6) is 0 Å². The normalized spacial score (nSPS) is 12.5. The Bertz CT molecular complexity index is 774. The topological polar surface area (TPSA) is 133 Å². The highest BCUT2D eigenvalue weighted by molar-refractivity contribution is 7.89. The number of benzene rings is 1. The van der Waals surface area contributed by atoms with Crippen molar-refractivity contribution in [3.05, 3.63) is 29.8 Å². The van der Waals surface area contributed by atoms with Crippen LogP contribution in [-0.2, 0) is 19.6 Å². The van der Waals surface area contributed by atoms with Crippen molar-refractivity contribution in [2.45, 2.75) is 31.7 Å². The Morgan fingerprint density at radius 1 is 1.19 bits per heavy atom. The first kappa shape index (κ1) is 21.6. The summed E-state index contributed by atoms with van der Waals surface area (Å²) in [5, 5.41) is 13.2. The zero-order valence-corrected chi connectivity index (χ0v) is 15.7. The van der Waals surface area contributed by atoms with E-state index in [1.807, 2.05) is 0 Å². The number of hydrogen-bond acceptors (Lipinski definition) is 5. The number of carbonyl (C=O) groups is 3. The van der Waals surface area contributed by atoms with E-state index in [1.54, 1.807) is 13.8 Å². The second kappa shape index (κ2) is 9.30. The first-order chi connectivity index (χ1) is 12.1. The number of hydrogen-bond donors (Lipinski definition) is 3. The Labute approximate surface area is 152 Å². The molecular weight excluding hydrogens is 362 g/mol. The summed E-state index contributed by atoms with van der Waals surface area (Å²) in [5.41, 5.74) is 0.0808. The van der Waals surface area contributed by atoms with Crippen LogP contribution in [0.4, 0.5) is 0 Å². The van der Waals surface area contributed by atoms with Gasteiger partial charge in [-0.05, 0) is 25.1 Å². The quantitative estimate of drug-likeness (QED) is 0.549. The van der Waals surface area contributed by atoms with E-state index < -0.39 is 40.4 Å². The summed E-state index contributed by atoms with van der Waals surface area (Å²) in [4.78, 5) is 34.4. The van der Waals surface area contributed by atoms with Gasteiger partial charge in [0.05, 0.1) is 11.4 Å². The van der Waals surface area contributed by atoms with Gasteiger partial charge in [-0.15, -0.1) is 0 Å². The molecule has 1 rings (SSSR count). The number of nitrogens with zero attached hydrogens (tertiary/aromatic N) is 1. The van der Waals surface area contributed by atoms with Crippen LogP contribution in [0.2, 0.25) is 0 Å². The second-order valence-electron chi connectivity index (χ2n) is 5.43. The lowest BCUT2D eigenvalue weighted by molar-refractivity contribution is -0.141. The van der Waals surface area contributed by atoms with Crippen molar-refractivity contribution in [3.63, 3.8) is 0 Å². The molecule has 0 radical (unpaired) electrons. The van der Waals surface area contributed by atoms with Crippen molar-refractivity contribution in [1.29, 1.82) is 0 Å². The zero-order valence-electron chi connectivity index (χ0n) is 14.9. The number of rotatable bonds is 9. The SMILES string of the molecule is CCN(CC)S(=O)(=O)c1cccc(C(=O)NCC(=O)N[C@H](C)C(=O)O)c1. The molecule has 9 nitrogen and oxygen atoms in total. The summed E-state index contributed by atoms with van der Waals surface area (Å²) in [5.74, 6) is -2.50. The van der Waals surface area contributed by atoms with Crippen LogP contribution >= 0.6 is 0 Å². The highest BCUT2D eigenvalue weighted by Gasteiger charge is 2.22. The zero-order chi connectivity index (χ0) is 19.9. The van der Waals surface area contributed by atoms with Crippen molar-refractivity contribution >= 4 is 27.8 Å². The van der Waals surface area contributed by atoms with Crippen LogP contribution in [0.15, 0.2) is 29.2 Å². The molecule has 0 spiro atoms. The average Bonchev–Trinajstić information content (AvgIpc) is 2.60. The molecule has 0 aromatic heterocycles. The molecule has 10 heteroatoms. The minimum Gasteiger partial charge on any atom is -0.480 e. The lowest BCUT2D eigenvalue weighted by Crippen LogP contribution is -2.44. The Hall–Kier alpha value is -2.46. The molecule has 0 aliphatic carbocycles. The van der Waals surface area contributed by atoms with E-state index in [-0.39, 0.29) is 10.5 Å². The van der Waals surface area contributed by atoms with Gasteiger partial charge in [-0.25, -0.2) is 8.42 Å². The van der Waals surface area contributed by atoms with Crippen molar-refractivity contribution in [3.8, 4) is 0 Å². The van der Waals surface area contributed by atoms with E-state index in [2.05, 4.69) is 10.6 Å². The molecule has 3 N–H and O–H groups in total. The molecule has 0 aliphatic heterocycles. The third-order valence-electron chi connectivity index (χ3n) is 3.60. The van der Waals surface area contributed by atoms with E-state index >= 15 is 0 Å². The number of carboxylic acids is 1. The van der Waals surface area contributed by atoms with Gasteiger partial charge in [0.2, 0.25) is 15.9 Å². The van der Waals surface area contributed by atoms with Gasteiger partial charge in [-0.1, -0.05) is 19.9 Å². The van der Waals surface area contributed by atoms with E-state index in [9.17, 15) is 22.8 Å². The van der Waals surface area contributed by atoms with Gasteiger partial charge in [-0.2, -0.15) is 4.31 Å². The summed E-state index contributed by atoms with van der Waals surface area (Å²) in [6.07, 6.45) is 0. The monoisotopic (exact) mass is 385 g/mol. The van der Waals surface area contributed by atoms with E-state index in [0.29, 0.717) is 13.1 Å². The fourth-order valence-corrected chi connectivity index (χ4v) is 3.63. The molecule has 1 aromatic rings. The Morgan fingerprint density at radius 2 is 1.81 bits per heavy atom. The van der Waals surface area contributed by atoms with Crippen molar-refractivity contribution in [2.75, 3.05) is 19.6 Å². The van der Waals surface area contributed by atoms with Crippen LogP contribution < -0.4 is 10.6 Å². The molecule has 0 fully saturated rings. The first-order valence-corrected chi connectivity index (χ1v) is 9.48. The van der Waals surface area contributed by atoms with Crippen molar-refractivity contribution in [2.24, 2.45) is 0 Å². The van der Waals surface area contributed by atoms with Gasteiger partial charge in [-0.3, -0.25) is 14.4 Å². The van der Waals surface area contributed by atoms with Gasteiger partial charge in [0.1, 0.15) is 6.04 Å². The maximum Gasteiger partial charge on any atom is 0.325 e. The average molecular weight is 385 g/mol. The fraction of sp³-hybridized carbons (Fsp3) is 0.438. The Balaban J connectivity index is 2.83. The van der Waals surface area contributed by atoms with Crippen LogP contribution in [0.3, 0.4) is 0 Å². The predicted molar refractivity (Wildman–Crippen MR) is 94.1 cm³/mol. The van der Waals surface area contributed by atoms with Crippen molar-refractivity contribution in [1.82, 2.24) is 14.9 Å². The molecule has 26 heavy (non-hydrogen) atoms. The number of carbonyl (C=O) groups excluding carboxylic acids is 2. The van der Waals surface area contributed by atoms with Crippen LogP contribution in [-0.4, -0.2) is 61.3 Å². The predicted octanol–water partition coefficient (Wildman–Crippen LogP) is 0.0362. The molecule has 1 atom stereocenters. The minimum atomic E-state index is -3.71. The summed E-state index contributed by atoms with van der Waals surface area (Å²) in [6.45, 7) is 4.91. The molecule has 0 aliphatic rings. The molecule has 1 aromatic carbocycles. The van der Waals surface area contributed by atoms with E-state index in [4.69, 9.17) is 5.11 Å². The molecule has 0 saturated carbocycles. The highest BCUT2D eigenvalue weighted by atomic mass is 32.2. The summed E-state index contributed by atoms with van der Waals surface area (Å²) in [6, 6.07) is 4.42. The number of sulfonamides is 1. The van der Waals surface area contributed by atoms with Crippen LogP contribution in [0, 0.1) is 0 Å². The fourth-order valence-electron chi connectivity index (χ4n) is 2.13. The maximum absolute atomic E-state index is 12.5. The molecular formula is C16H23N3O6S. The number of carboxylic acid groups (broad SMARTS) is 1. The minimum absolute atomic E-state index is 0.0159. The Morgan fingerprint density at radius 3 is 2.35 bits per heavy atom. The number of nitrogens with one attached hydrogen (secondary N) is 2. The number of aliphatic carboxylic acids is 1. The summed E-state index contributed by atoms with van der Waals surface area (Å²) < 4.78 is 26.3. The van der Waals surface area contributed by atoms with Crippen molar-refractivity contribution < 1.29 is 27.9 Å². The Kier molecular flexibility index (Phi) is 7.72. The summed E-state index contributed by atoms with van der Waals surface area (Å²) >= 11 is 0. The second-order valence-corrected chi connectivity index (χ2v) is 7.37. The van der Waals surface area contributed by atoms with Gasteiger partial charge in [0.25, 0.3) is 5.91 Å². The van der Waals surface area contributed by atoms with E-state index in [0.717, 1.165) is 0 Å². The van der Waals surface area contributed by atoms with Crippen LogP contribution in [0.1, 0.15) is 31.1 Å². The van der Waals surface area contributed by atoms with E-state index in [1.165, 1.54) is 35.5 Å². The molecule has 0 unspecified atom stereocenters. The van der Waals surface area contributed by atoms with Gasteiger partial charge in [0.15, 0.2) is 0 Å². The summed E-state index contributed by atoms with van der Waals surface area (Å²) in [7, 11) is -3.71. The largest absolute Gasteiger partial charge is 0.480 e. The molecule has 0 bridgehead atoms. The third kappa shape index (κ3) is 5.53. The maximum atomic E-state index is 12.5. The standard InChI is InChI=1S/C16H23N3O6S/c1-4-19(5-2)26(24,25)13-8-6-7-12(9-13)15(21)17-10-14(20)18-11(3)16(22)23/h6-9,11H,4-5,10H2,1-3H3,(H,17,21)(H,18,20)(H,22,23)/t11-/m1/s1. The van der Waals surface area contributed by atoms with Gasteiger partial charge in [0, 0.05) is 18.7 Å². The van der Waals surface area contributed by atoms with Gasteiger partial charge < -0.3 is 15.7 Å².